The number of alkyl halides is 3. The van der Waals surface area contributed by atoms with E-state index in [1.807, 2.05) is 0 Å². The Morgan fingerprint density at radius 2 is 1.47 bits per heavy atom. The summed E-state index contributed by atoms with van der Waals surface area (Å²) in [5, 5.41) is 6.58. The Morgan fingerprint density at radius 1 is 0.853 bits per heavy atom. The first-order valence-corrected chi connectivity index (χ1v) is 10.0. The topological polar surface area (TPSA) is 85.4 Å². The zero-order valence-electron chi connectivity index (χ0n) is 18.1. The van der Waals surface area contributed by atoms with Gasteiger partial charge in [0, 0.05) is 28.4 Å². The first-order chi connectivity index (χ1) is 16.3. The zero-order valence-corrected chi connectivity index (χ0v) is 18.1. The van der Waals surface area contributed by atoms with Gasteiger partial charge in [0.25, 0.3) is 5.91 Å². The third-order valence-corrected chi connectivity index (χ3v) is 5.02. The number of hydrogen-bond donors (Lipinski definition) is 2. The van der Waals surface area contributed by atoms with Crippen molar-refractivity contribution in [1.82, 2.24) is 9.97 Å². The molecule has 2 N–H and O–H groups in total. The molecular formula is C24H19F3N4O3. The van der Waals surface area contributed by atoms with Gasteiger partial charge in [0.2, 0.25) is 0 Å². The van der Waals surface area contributed by atoms with Crippen LogP contribution < -0.4 is 20.1 Å². The monoisotopic (exact) mass is 468 g/mol. The molecule has 4 aromatic rings. The Labute approximate surface area is 192 Å². The molecule has 0 aliphatic rings. The number of hydrogen-bond acceptors (Lipinski definition) is 6. The van der Waals surface area contributed by atoms with E-state index in [0.717, 1.165) is 29.7 Å². The largest absolute Gasteiger partial charge is 0.493 e. The number of anilines is 3. The van der Waals surface area contributed by atoms with E-state index in [-0.39, 0.29) is 5.56 Å². The molecule has 0 unspecified atom stereocenters. The average molecular weight is 468 g/mol. The van der Waals surface area contributed by atoms with Crippen molar-refractivity contribution in [1.29, 1.82) is 0 Å². The maximum atomic E-state index is 12.7. The molecule has 0 bridgehead atoms. The molecule has 1 heterocycles. The van der Waals surface area contributed by atoms with Crippen LogP contribution in [0.5, 0.6) is 11.5 Å². The number of aromatic nitrogens is 2. The highest BCUT2D eigenvalue weighted by atomic mass is 19.4. The molecule has 7 nitrogen and oxygen atoms in total. The highest BCUT2D eigenvalue weighted by Gasteiger charge is 2.30. The third-order valence-electron chi connectivity index (χ3n) is 5.02. The van der Waals surface area contributed by atoms with Crippen molar-refractivity contribution < 1.29 is 27.4 Å². The molecule has 0 fully saturated rings. The second-order valence-corrected chi connectivity index (χ2v) is 7.18. The van der Waals surface area contributed by atoms with E-state index >= 15 is 0 Å². The van der Waals surface area contributed by atoms with E-state index in [1.54, 1.807) is 43.5 Å². The molecule has 0 saturated heterocycles. The second kappa shape index (κ2) is 9.26. The minimum absolute atomic E-state index is 0.118. The zero-order chi connectivity index (χ0) is 24.3. The van der Waals surface area contributed by atoms with Gasteiger partial charge in [-0.25, -0.2) is 9.97 Å². The van der Waals surface area contributed by atoms with Gasteiger partial charge in [0.15, 0.2) is 11.5 Å². The van der Waals surface area contributed by atoms with Crippen LogP contribution in [0.4, 0.5) is 30.4 Å². The first kappa shape index (κ1) is 22.8. The highest BCUT2D eigenvalue weighted by Crippen LogP contribution is 2.34. The van der Waals surface area contributed by atoms with Crippen LogP contribution in [0, 0.1) is 0 Å². The molecule has 0 aliphatic carbocycles. The standard InChI is InChI=1S/C24H19F3N4O3/c1-33-20-11-18-19(12-21(20)34-2)28-13-29-22(18)30-16-7-9-17(10-8-16)31-23(32)14-3-5-15(6-4-14)24(25,26)27/h3-13H,1-2H3,(H,31,32)(H,28,29,30). The number of rotatable bonds is 6. The molecule has 174 valence electrons. The third kappa shape index (κ3) is 4.85. The van der Waals surface area contributed by atoms with Crippen LogP contribution in [0.25, 0.3) is 10.9 Å². The maximum absolute atomic E-state index is 12.7. The maximum Gasteiger partial charge on any atom is 0.416 e. The van der Waals surface area contributed by atoms with Crippen molar-refractivity contribution in [3.8, 4) is 11.5 Å². The van der Waals surface area contributed by atoms with Gasteiger partial charge in [-0.05, 0) is 54.6 Å². The summed E-state index contributed by atoms with van der Waals surface area (Å²) in [5.74, 6) is 1.12. The number of benzene rings is 3. The van der Waals surface area contributed by atoms with Crippen molar-refractivity contribution in [3.05, 3.63) is 78.1 Å². The van der Waals surface area contributed by atoms with Crippen LogP contribution in [0.1, 0.15) is 15.9 Å². The highest BCUT2D eigenvalue weighted by molar-refractivity contribution is 6.04. The molecule has 10 heteroatoms. The predicted molar refractivity (Wildman–Crippen MR) is 122 cm³/mol. The van der Waals surface area contributed by atoms with Crippen molar-refractivity contribution in [2.45, 2.75) is 6.18 Å². The van der Waals surface area contributed by atoms with E-state index in [4.69, 9.17) is 9.47 Å². The SMILES string of the molecule is COc1cc2ncnc(Nc3ccc(NC(=O)c4ccc(C(F)(F)F)cc4)cc3)c2cc1OC. The molecule has 0 saturated carbocycles. The van der Waals surface area contributed by atoms with Gasteiger partial charge in [-0.15, -0.1) is 0 Å². The molecule has 3 aromatic carbocycles. The summed E-state index contributed by atoms with van der Waals surface area (Å²) in [4.78, 5) is 20.9. The number of fused-ring (bicyclic) bond motifs is 1. The van der Waals surface area contributed by atoms with Crippen molar-refractivity contribution in [2.24, 2.45) is 0 Å². The summed E-state index contributed by atoms with van der Waals surface area (Å²) in [6.45, 7) is 0. The number of carbonyl (C=O) groups excluding carboxylic acids is 1. The summed E-state index contributed by atoms with van der Waals surface area (Å²) in [6, 6.07) is 14.3. The minimum Gasteiger partial charge on any atom is -0.493 e. The van der Waals surface area contributed by atoms with Gasteiger partial charge < -0.3 is 20.1 Å². The Morgan fingerprint density at radius 3 is 2.09 bits per heavy atom. The van der Waals surface area contributed by atoms with Gasteiger partial charge in [0.1, 0.15) is 12.1 Å². The lowest BCUT2D eigenvalue weighted by Crippen LogP contribution is -2.12. The van der Waals surface area contributed by atoms with E-state index in [1.165, 1.54) is 13.4 Å². The lowest BCUT2D eigenvalue weighted by atomic mass is 10.1. The van der Waals surface area contributed by atoms with Gasteiger partial charge in [0.05, 0.1) is 25.3 Å². The fraction of sp³-hybridized carbons (Fsp3) is 0.125. The fourth-order valence-corrected chi connectivity index (χ4v) is 3.27. The normalized spacial score (nSPS) is 11.2. The van der Waals surface area contributed by atoms with Crippen LogP contribution in [0.2, 0.25) is 0 Å². The van der Waals surface area contributed by atoms with Crippen LogP contribution in [0.15, 0.2) is 67.0 Å². The molecule has 1 amide bonds. The van der Waals surface area contributed by atoms with E-state index in [9.17, 15) is 18.0 Å². The minimum atomic E-state index is -4.45. The Kier molecular flexibility index (Phi) is 6.22. The second-order valence-electron chi connectivity index (χ2n) is 7.18. The van der Waals surface area contributed by atoms with Gasteiger partial charge in [-0.2, -0.15) is 13.2 Å². The predicted octanol–water partition coefficient (Wildman–Crippen LogP) is 5.66. The average Bonchev–Trinajstić information content (AvgIpc) is 2.84. The molecule has 4 rings (SSSR count). The Balaban J connectivity index is 1.49. The van der Waals surface area contributed by atoms with Gasteiger partial charge in [-0.1, -0.05) is 0 Å². The quantitative estimate of drug-likeness (QED) is 0.380. The molecule has 34 heavy (non-hydrogen) atoms. The number of halogens is 3. The van der Waals surface area contributed by atoms with Crippen molar-refractivity contribution >= 4 is 34.0 Å². The van der Waals surface area contributed by atoms with Crippen molar-refractivity contribution in [2.75, 3.05) is 24.9 Å². The number of ether oxygens (including phenoxy) is 2. The molecule has 1 aromatic heterocycles. The fourth-order valence-electron chi connectivity index (χ4n) is 3.27. The molecule has 0 radical (unpaired) electrons. The van der Waals surface area contributed by atoms with E-state index in [0.29, 0.717) is 34.2 Å². The lowest BCUT2D eigenvalue weighted by Gasteiger charge is -2.12. The Hall–Kier alpha value is -4.34. The van der Waals surface area contributed by atoms with E-state index < -0.39 is 17.6 Å². The molecule has 0 atom stereocenters. The first-order valence-electron chi connectivity index (χ1n) is 10.0. The summed E-state index contributed by atoms with van der Waals surface area (Å²) >= 11 is 0. The summed E-state index contributed by atoms with van der Waals surface area (Å²) in [6.07, 6.45) is -3.03. The van der Waals surface area contributed by atoms with Gasteiger partial charge in [-0.3, -0.25) is 4.79 Å². The van der Waals surface area contributed by atoms with Crippen LogP contribution in [0.3, 0.4) is 0 Å². The van der Waals surface area contributed by atoms with Crippen molar-refractivity contribution in [3.63, 3.8) is 0 Å². The van der Waals surface area contributed by atoms with Crippen LogP contribution in [-0.2, 0) is 6.18 Å². The molecule has 0 spiro atoms. The number of amides is 1. The Bertz CT molecular complexity index is 1320. The number of nitrogens with one attached hydrogen (secondary N) is 2. The molecular weight excluding hydrogens is 449 g/mol. The summed E-state index contributed by atoms with van der Waals surface area (Å²) < 4.78 is 48.7. The molecule has 0 aliphatic heterocycles. The van der Waals surface area contributed by atoms with Gasteiger partial charge >= 0.3 is 6.18 Å². The van der Waals surface area contributed by atoms with Crippen LogP contribution in [-0.4, -0.2) is 30.1 Å². The number of carbonyl (C=O) groups is 1. The van der Waals surface area contributed by atoms with Crippen LogP contribution >= 0.6 is 0 Å². The summed E-state index contributed by atoms with van der Waals surface area (Å²) in [5.41, 5.74) is 1.15. The lowest BCUT2D eigenvalue weighted by molar-refractivity contribution is -0.137. The number of nitrogens with zero attached hydrogens (tertiary/aromatic N) is 2. The summed E-state index contributed by atoms with van der Waals surface area (Å²) in [7, 11) is 3.08. The number of methoxy groups -OCH3 is 2. The smallest absolute Gasteiger partial charge is 0.416 e. The van der Waals surface area contributed by atoms with E-state index in [2.05, 4.69) is 20.6 Å².